The number of fused-ring (bicyclic) bond motifs is 3. The molecule has 9 nitrogen and oxygen atoms in total. The quantitative estimate of drug-likeness (QED) is 0.449. The molecule has 2 aromatic carbocycles. The van der Waals surface area contributed by atoms with Gasteiger partial charge < -0.3 is 29.5 Å². The average molecular weight is 485 g/mol. The van der Waals surface area contributed by atoms with Gasteiger partial charge in [0.25, 0.3) is 0 Å². The number of carbonyl (C=O) groups excluding carboxylic acids is 2. The lowest BCUT2D eigenvalue weighted by atomic mass is 9.98. The van der Waals surface area contributed by atoms with Crippen molar-refractivity contribution in [1.29, 1.82) is 0 Å². The predicted molar refractivity (Wildman–Crippen MR) is 129 cm³/mol. The van der Waals surface area contributed by atoms with E-state index >= 15 is 0 Å². The summed E-state index contributed by atoms with van der Waals surface area (Å²) >= 11 is 0. The number of methoxy groups -OCH3 is 2. The largest absolute Gasteiger partial charge is 0.481 e. The molecule has 35 heavy (non-hydrogen) atoms. The predicted octanol–water partition coefficient (Wildman–Crippen LogP) is 2.88. The molecule has 2 amide bonds. The van der Waals surface area contributed by atoms with Gasteiger partial charge in [-0.2, -0.15) is 0 Å². The fourth-order valence-electron chi connectivity index (χ4n) is 4.26. The number of amides is 2. The molecule has 1 aliphatic rings. The van der Waals surface area contributed by atoms with Crippen LogP contribution in [-0.4, -0.2) is 81.1 Å². The van der Waals surface area contributed by atoms with Gasteiger partial charge in [0.15, 0.2) is 0 Å². The van der Waals surface area contributed by atoms with E-state index in [9.17, 15) is 14.4 Å². The van der Waals surface area contributed by atoms with E-state index in [1.54, 1.807) is 0 Å². The van der Waals surface area contributed by atoms with Gasteiger partial charge >= 0.3 is 12.1 Å². The molecule has 2 N–H and O–H groups in total. The van der Waals surface area contributed by atoms with Crippen LogP contribution in [0.2, 0.25) is 0 Å². The maximum Gasteiger partial charge on any atom is 0.407 e. The van der Waals surface area contributed by atoms with Crippen molar-refractivity contribution < 1.29 is 33.7 Å². The van der Waals surface area contributed by atoms with Crippen LogP contribution in [0.4, 0.5) is 4.79 Å². The van der Waals surface area contributed by atoms with E-state index in [1.807, 2.05) is 48.5 Å². The van der Waals surface area contributed by atoms with Crippen LogP contribution >= 0.6 is 0 Å². The van der Waals surface area contributed by atoms with E-state index in [4.69, 9.17) is 19.3 Å². The summed E-state index contributed by atoms with van der Waals surface area (Å²) in [6.07, 6.45) is -1.11. The molecule has 0 saturated carbocycles. The number of rotatable bonds is 13. The highest BCUT2D eigenvalue weighted by Crippen LogP contribution is 2.44. The van der Waals surface area contributed by atoms with Gasteiger partial charge in [0.1, 0.15) is 12.6 Å². The number of nitrogens with zero attached hydrogens (tertiary/aromatic N) is 1. The van der Waals surface area contributed by atoms with Gasteiger partial charge in [-0.3, -0.25) is 9.59 Å². The Labute approximate surface area is 205 Å². The highest BCUT2D eigenvalue weighted by Gasteiger charge is 2.31. The second-order valence-electron chi connectivity index (χ2n) is 8.27. The molecular formula is C26H32N2O7. The molecule has 0 spiro atoms. The van der Waals surface area contributed by atoms with E-state index in [0.29, 0.717) is 13.2 Å². The molecule has 0 fully saturated rings. The van der Waals surface area contributed by atoms with Crippen molar-refractivity contribution in [2.24, 2.45) is 0 Å². The molecule has 0 saturated heterocycles. The minimum atomic E-state index is -1.06. The number of hydrogen-bond acceptors (Lipinski definition) is 6. The summed E-state index contributed by atoms with van der Waals surface area (Å²) in [6, 6.07) is 14.9. The zero-order chi connectivity index (χ0) is 25.2. The molecular weight excluding hydrogens is 452 g/mol. The Morgan fingerprint density at radius 1 is 0.943 bits per heavy atom. The summed E-state index contributed by atoms with van der Waals surface area (Å²) in [4.78, 5) is 38.5. The zero-order valence-corrected chi connectivity index (χ0v) is 20.1. The second kappa shape index (κ2) is 12.9. The lowest BCUT2D eigenvalue weighted by Crippen LogP contribution is -2.50. The number of carboxylic acid groups (broad SMARTS) is 1. The molecule has 1 atom stereocenters. The number of carboxylic acids is 1. The van der Waals surface area contributed by atoms with Gasteiger partial charge in [0, 0.05) is 39.6 Å². The molecule has 1 unspecified atom stereocenters. The molecule has 0 aromatic heterocycles. The van der Waals surface area contributed by atoms with Crippen molar-refractivity contribution in [1.82, 2.24) is 10.2 Å². The summed E-state index contributed by atoms with van der Waals surface area (Å²) in [5.74, 6) is -1.59. The van der Waals surface area contributed by atoms with Gasteiger partial charge in [-0.05, 0) is 28.7 Å². The van der Waals surface area contributed by atoms with Crippen molar-refractivity contribution in [3.05, 3.63) is 59.7 Å². The molecule has 0 bridgehead atoms. The first kappa shape index (κ1) is 26.2. The summed E-state index contributed by atoms with van der Waals surface area (Å²) in [5.41, 5.74) is 4.37. The Morgan fingerprint density at radius 3 is 2.00 bits per heavy atom. The normalized spacial score (nSPS) is 13.0. The van der Waals surface area contributed by atoms with Crippen molar-refractivity contribution in [3.63, 3.8) is 0 Å². The van der Waals surface area contributed by atoms with Gasteiger partial charge in [0.05, 0.1) is 13.2 Å². The minimum Gasteiger partial charge on any atom is -0.481 e. The van der Waals surface area contributed by atoms with Crippen molar-refractivity contribution in [2.45, 2.75) is 24.8 Å². The van der Waals surface area contributed by atoms with Crippen molar-refractivity contribution in [3.8, 4) is 11.1 Å². The smallest absolute Gasteiger partial charge is 0.407 e. The van der Waals surface area contributed by atoms with E-state index in [-0.39, 0.29) is 38.5 Å². The number of alkyl carbamates (subject to hydrolysis) is 1. The fraction of sp³-hybridized carbons (Fsp3) is 0.423. The number of benzene rings is 2. The Bertz CT molecular complexity index is 973. The number of ether oxygens (including phenoxy) is 3. The molecule has 0 aliphatic heterocycles. The SMILES string of the molecule is COCCN(CCOC)C(=O)C(CCC(=O)O)NC(=O)OCC1c2ccccc2-c2ccccc21. The topological polar surface area (TPSA) is 114 Å². The van der Waals surface area contributed by atoms with Crippen molar-refractivity contribution in [2.75, 3.05) is 47.1 Å². The van der Waals surface area contributed by atoms with E-state index < -0.39 is 24.0 Å². The van der Waals surface area contributed by atoms with Crippen LogP contribution in [0.3, 0.4) is 0 Å². The maximum absolute atomic E-state index is 13.1. The third-order valence-corrected chi connectivity index (χ3v) is 6.02. The molecule has 3 rings (SSSR count). The average Bonchev–Trinajstić information content (AvgIpc) is 3.18. The Balaban J connectivity index is 1.68. The van der Waals surface area contributed by atoms with Crippen LogP contribution in [0.25, 0.3) is 11.1 Å². The van der Waals surface area contributed by atoms with Crippen LogP contribution in [0.1, 0.15) is 29.9 Å². The third-order valence-electron chi connectivity index (χ3n) is 6.02. The third kappa shape index (κ3) is 6.80. The Hall–Kier alpha value is -3.43. The van der Waals surface area contributed by atoms with E-state index in [0.717, 1.165) is 22.3 Å². The zero-order valence-electron chi connectivity index (χ0n) is 20.1. The Morgan fingerprint density at radius 2 is 1.49 bits per heavy atom. The maximum atomic E-state index is 13.1. The summed E-state index contributed by atoms with van der Waals surface area (Å²) in [7, 11) is 3.05. The lowest BCUT2D eigenvalue weighted by molar-refractivity contribution is -0.138. The highest BCUT2D eigenvalue weighted by atomic mass is 16.5. The first-order chi connectivity index (χ1) is 17.0. The highest BCUT2D eigenvalue weighted by molar-refractivity contribution is 5.86. The van der Waals surface area contributed by atoms with Gasteiger partial charge in [-0.25, -0.2) is 4.79 Å². The number of nitrogens with one attached hydrogen (secondary N) is 1. The fourth-order valence-corrected chi connectivity index (χ4v) is 4.26. The van der Waals surface area contributed by atoms with Crippen LogP contribution in [0.5, 0.6) is 0 Å². The molecule has 0 heterocycles. The molecule has 0 radical (unpaired) electrons. The summed E-state index contributed by atoms with van der Waals surface area (Å²) < 4.78 is 15.7. The van der Waals surface area contributed by atoms with Crippen LogP contribution < -0.4 is 5.32 Å². The standard InChI is InChI=1S/C26H32N2O7/c1-33-15-13-28(14-16-34-2)25(31)23(11-12-24(29)30)27-26(32)35-17-22-20-9-5-3-7-18(20)19-8-4-6-10-21(19)22/h3-10,22-23H,11-17H2,1-2H3,(H,27,32)(H,29,30). The van der Waals surface area contributed by atoms with Crippen molar-refractivity contribution >= 4 is 18.0 Å². The second-order valence-corrected chi connectivity index (χ2v) is 8.27. The number of carbonyl (C=O) groups is 3. The summed E-state index contributed by atoms with van der Waals surface area (Å²) in [5, 5.41) is 11.7. The van der Waals surface area contributed by atoms with E-state index in [1.165, 1.54) is 19.1 Å². The molecule has 9 heteroatoms. The molecule has 2 aromatic rings. The van der Waals surface area contributed by atoms with Gasteiger partial charge in [0.2, 0.25) is 5.91 Å². The molecule has 188 valence electrons. The number of hydrogen-bond donors (Lipinski definition) is 2. The van der Waals surface area contributed by atoms with Gasteiger partial charge in [-0.1, -0.05) is 48.5 Å². The van der Waals surface area contributed by atoms with Crippen LogP contribution in [-0.2, 0) is 23.8 Å². The van der Waals surface area contributed by atoms with Crippen LogP contribution in [0, 0.1) is 0 Å². The van der Waals surface area contributed by atoms with Crippen LogP contribution in [0.15, 0.2) is 48.5 Å². The first-order valence-corrected chi connectivity index (χ1v) is 11.6. The summed E-state index contributed by atoms with van der Waals surface area (Å²) in [6.45, 7) is 1.26. The monoisotopic (exact) mass is 484 g/mol. The number of aliphatic carboxylic acids is 1. The lowest BCUT2D eigenvalue weighted by Gasteiger charge is -2.27. The minimum absolute atomic E-state index is 0.0607. The van der Waals surface area contributed by atoms with Gasteiger partial charge in [-0.15, -0.1) is 0 Å². The molecule has 1 aliphatic carbocycles. The van der Waals surface area contributed by atoms with E-state index in [2.05, 4.69) is 5.32 Å². The first-order valence-electron chi connectivity index (χ1n) is 11.6. The Kier molecular flexibility index (Phi) is 9.63.